The number of carbonyl (C=O) groups is 2. The lowest BCUT2D eigenvalue weighted by Gasteiger charge is -2.10. The monoisotopic (exact) mass is 297 g/mol. The molecule has 1 unspecified atom stereocenters. The Hall–Kier alpha value is -1.89. The number of carbonyl (C=O) groups excluding carboxylic acids is 1. The molecule has 1 aromatic heterocycles. The summed E-state index contributed by atoms with van der Waals surface area (Å²) in [4.78, 5) is 22.0. The summed E-state index contributed by atoms with van der Waals surface area (Å²) in [5, 5.41) is 18.1. The maximum absolute atomic E-state index is 11.6. The molecule has 7 nitrogen and oxygen atoms in total. The molecule has 3 N–H and O–H groups in total. The molecule has 1 heterocycles. The van der Waals surface area contributed by atoms with E-state index in [1.54, 1.807) is 13.0 Å². The molecule has 1 aromatic rings. The molecular weight excluding hydrogens is 274 g/mol. The molecule has 21 heavy (non-hydrogen) atoms. The molecule has 0 spiro atoms. The van der Waals surface area contributed by atoms with Gasteiger partial charge in [-0.1, -0.05) is 12.1 Å². The van der Waals surface area contributed by atoms with Gasteiger partial charge in [0.2, 0.25) is 5.91 Å². The fourth-order valence-electron chi connectivity index (χ4n) is 1.82. The van der Waals surface area contributed by atoms with Crippen molar-refractivity contribution in [3.63, 3.8) is 0 Å². The van der Waals surface area contributed by atoms with Crippen LogP contribution in [0.5, 0.6) is 0 Å². The lowest BCUT2D eigenvalue weighted by Crippen LogP contribution is -2.23. The quantitative estimate of drug-likeness (QED) is 0.569. The number of nitrogens with one attached hydrogen (secondary N) is 2. The van der Waals surface area contributed by atoms with E-state index in [-0.39, 0.29) is 12.3 Å². The largest absolute Gasteiger partial charge is 0.481 e. The van der Waals surface area contributed by atoms with Gasteiger partial charge >= 0.3 is 5.97 Å². The first-order valence-electron chi connectivity index (χ1n) is 7.13. The van der Waals surface area contributed by atoms with Gasteiger partial charge in [0.15, 0.2) is 5.82 Å². The summed E-state index contributed by atoms with van der Waals surface area (Å²) < 4.78 is 4.85. The summed E-state index contributed by atoms with van der Waals surface area (Å²) in [6.07, 6.45) is 2.15. The number of hydrogen-bond acceptors (Lipinski definition) is 5. The smallest absolute Gasteiger partial charge is 0.303 e. The van der Waals surface area contributed by atoms with Gasteiger partial charge in [0.05, 0.1) is 0 Å². The van der Waals surface area contributed by atoms with E-state index in [2.05, 4.69) is 15.8 Å². The Morgan fingerprint density at radius 2 is 2.10 bits per heavy atom. The second kappa shape index (κ2) is 9.12. The Morgan fingerprint density at radius 3 is 2.71 bits per heavy atom. The zero-order valence-electron chi connectivity index (χ0n) is 12.5. The number of anilines is 1. The molecule has 0 aromatic carbocycles. The average Bonchev–Trinajstić information content (AvgIpc) is 2.81. The highest BCUT2D eigenvalue weighted by Gasteiger charge is 2.07. The number of carboxylic acids is 1. The first kappa shape index (κ1) is 17.2. The van der Waals surface area contributed by atoms with Crippen LogP contribution in [-0.2, 0) is 9.59 Å². The highest BCUT2D eigenvalue weighted by atomic mass is 16.5. The van der Waals surface area contributed by atoms with Crippen LogP contribution in [0.2, 0.25) is 0 Å². The van der Waals surface area contributed by atoms with E-state index < -0.39 is 5.97 Å². The Kier molecular flexibility index (Phi) is 7.45. The van der Waals surface area contributed by atoms with Crippen LogP contribution in [0.15, 0.2) is 10.6 Å². The van der Waals surface area contributed by atoms with Crippen molar-refractivity contribution in [3.05, 3.63) is 11.8 Å². The second-order valence-electron chi connectivity index (χ2n) is 5.20. The van der Waals surface area contributed by atoms with Crippen LogP contribution in [0.1, 0.15) is 38.4 Å². The third-order valence-electron chi connectivity index (χ3n) is 3.09. The Bertz CT molecular complexity index is 459. The molecule has 0 aliphatic rings. The van der Waals surface area contributed by atoms with Crippen LogP contribution in [0.25, 0.3) is 0 Å². The lowest BCUT2D eigenvalue weighted by molar-refractivity contribution is -0.137. The normalized spacial score (nSPS) is 12.1. The van der Waals surface area contributed by atoms with Crippen LogP contribution in [-0.4, -0.2) is 35.2 Å². The molecule has 0 saturated heterocycles. The van der Waals surface area contributed by atoms with Crippen molar-refractivity contribution < 1.29 is 19.2 Å². The van der Waals surface area contributed by atoms with Gasteiger partial charge in [0.1, 0.15) is 5.76 Å². The minimum atomic E-state index is -0.755. The highest BCUT2D eigenvalue weighted by molar-refractivity contribution is 5.89. The van der Waals surface area contributed by atoms with Gasteiger partial charge in [-0.15, -0.1) is 0 Å². The van der Waals surface area contributed by atoms with E-state index in [9.17, 15) is 9.59 Å². The molecule has 0 aliphatic heterocycles. The van der Waals surface area contributed by atoms with Crippen molar-refractivity contribution >= 4 is 17.7 Å². The van der Waals surface area contributed by atoms with E-state index in [0.717, 1.165) is 13.0 Å². The van der Waals surface area contributed by atoms with Crippen LogP contribution in [0.3, 0.4) is 0 Å². The summed E-state index contributed by atoms with van der Waals surface area (Å²) >= 11 is 0. The highest BCUT2D eigenvalue weighted by Crippen LogP contribution is 2.09. The van der Waals surface area contributed by atoms with Crippen molar-refractivity contribution in [1.29, 1.82) is 0 Å². The van der Waals surface area contributed by atoms with Crippen LogP contribution < -0.4 is 10.6 Å². The first-order chi connectivity index (χ1) is 9.97. The van der Waals surface area contributed by atoms with E-state index in [1.165, 1.54) is 0 Å². The SMILES string of the molecule is Cc1cc(NC(=O)CCNCCC(C)CCC(=O)O)no1. The molecular formula is C14H23N3O4. The third kappa shape index (κ3) is 8.09. The minimum absolute atomic E-state index is 0.116. The fraction of sp³-hybridized carbons (Fsp3) is 0.643. The molecule has 0 aliphatic carbocycles. The van der Waals surface area contributed by atoms with Gasteiger partial charge in [-0.25, -0.2) is 0 Å². The number of aryl methyl sites for hydroxylation is 1. The van der Waals surface area contributed by atoms with Crippen molar-refractivity contribution in [2.45, 2.75) is 39.5 Å². The van der Waals surface area contributed by atoms with Crippen LogP contribution >= 0.6 is 0 Å². The van der Waals surface area contributed by atoms with Crippen molar-refractivity contribution in [1.82, 2.24) is 10.5 Å². The standard InChI is InChI=1S/C14H23N3O4/c1-10(3-4-14(19)20)5-7-15-8-6-13(18)16-12-9-11(2)21-17-12/h9-10,15H,3-8H2,1-2H3,(H,19,20)(H,16,17,18). The van der Waals surface area contributed by atoms with Crippen LogP contribution in [0, 0.1) is 12.8 Å². The number of aromatic nitrogens is 1. The van der Waals surface area contributed by atoms with Crippen molar-refractivity contribution in [3.8, 4) is 0 Å². The summed E-state index contributed by atoms with van der Waals surface area (Å²) in [5.74, 6) is 0.573. The molecule has 118 valence electrons. The lowest BCUT2D eigenvalue weighted by atomic mass is 10.0. The van der Waals surface area contributed by atoms with Gasteiger partial charge in [-0.05, 0) is 32.2 Å². The number of nitrogens with zero attached hydrogens (tertiary/aromatic N) is 1. The van der Waals surface area contributed by atoms with Gasteiger partial charge in [0.25, 0.3) is 0 Å². The van der Waals surface area contributed by atoms with E-state index >= 15 is 0 Å². The summed E-state index contributed by atoms with van der Waals surface area (Å²) in [7, 11) is 0. The van der Waals surface area contributed by atoms with Crippen molar-refractivity contribution in [2.75, 3.05) is 18.4 Å². The third-order valence-corrected chi connectivity index (χ3v) is 3.09. The summed E-state index contributed by atoms with van der Waals surface area (Å²) in [6.45, 7) is 5.14. The number of aliphatic carboxylic acids is 1. The predicted molar refractivity (Wildman–Crippen MR) is 78.0 cm³/mol. The summed E-state index contributed by atoms with van der Waals surface area (Å²) in [5.41, 5.74) is 0. The minimum Gasteiger partial charge on any atom is -0.481 e. The molecule has 1 amide bonds. The maximum Gasteiger partial charge on any atom is 0.303 e. The Morgan fingerprint density at radius 1 is 1.33 bits per heavy atom. The number of rotatable bonds is 10. The molecule has 7 heteroatoms. The zero-order valence-corrected chi connectivity index (χ0v) is 12.5. The molecule has 0 radical (unpaired) electrons. The fourth-order valence-corrected chi connectivity index (χ4v) is 1.82. The maximum atomic E-state index is 11.6. The molecule has 1 rings (SSSR count). The van der Waals surface area contributed by atoms with E-state index in [1.807, 2.05) is 6.92 Å². The average molecular weight is 297 g/mol. The second-order valence-corrected chi connectivity index (χ2v) is 5.20. The predicted octanol–water partition coefficient (Wildman–Crippen LogP) is 1.79. The number of carboxylic acid groups (broad SMARTS) is 1. The van der Waals surface area contributed by atoms with Gasteiger partial charge in [0, 0.05) is 25.5 Å². The number of amides is 1. The number of hydrogen-bond donors (Lipinski definition) is 3. The molecule has 0 bridgehead atoms. The molecule has 0 saturated carbocycles. The van der Waals surface area contributed by atoms with E-state index in [0.29, 0.717) is 36.9 Å². The Labute approximate surface area is 124 Å². The zero-order chi connectivity index (χ0) is 15.7. The van der Waals surface area contributed by atoms with Gasteiger partial charge in [-0.2, -0.15) is 0 Å². The van der Waals surface area contributed by atoms with Gasteiger partial charge in [-0.3, -0.25) is 9.59 Å². The van der Waals surface area contributed by atoms with Crippen molar-refractivity contribution in [2.24, 2.45) is 5.92 Å². The molecule has 0 fully saturated rings. The Balaban J connectivity index is 2.03. The van der Waals surface area contributed by atoms with Crippen LogP contribution in [0.4, 0.5) is 5.82 Å². The summed E-state index contributed by atoms with van der Waals surface area (Å²) in [6, 6.07) is 1.66. The first-order valence-corrected chi connectivity index (χ1v) is 7.13. The topological polar surface area (TPSA) is 104 Å². The molecule has 1 atom stereocenters. The van der Waals surface area contributed by atoms with E-state index in [4.69, 9.17) is 9.63 Å². The van der Waals surface area contributed by atoms with Gasteiger partial charge < -0.3 is 20.3 Å².